The molecule has 0 aromatic rings. The Morgan fingerprint density at radius 1 is 1.75 bits per heavy atom. The number of alkyl halides is 1. The zero-order valence-corrected chi connectivity index (χ0v) is 8.17. The zero-order chi connectivity index (χ0) is 9.14. The van der Waals surface area contributed by atoms with Crippen molar-refractivity contribution in [3.63, 3.8) is 0 Å². The van der Waals surface area contributed by atoms with Gasteiger partial charge in [0, 0.05) is 20.2 Å². The van der Waals surface area contributed by atoms with E-state index in [2.05, 4.69) is 0 Å². The molecule has 1 amide bonds. The molecule has 4 heteroatoms. The Morgan fingerprint density at radius 3 is 2.75 bits per heavy atom. The summed E-state index contributed by atoms with van der Waals surface area (Å²) in [4.78, 5) is 13.1. The highest BCUT2D eigenvalue weighted by molar-refractivity contribution is 6.30. The van der Waals surface area contributed by atoms with Crippen molar-refractivity contribution in [3.05, 3.63) is 0 Å². The van der Waals surface area contributed by atoms with Crippen molar-refractivity contribution in [1.29, 1.82) is 0 Å². The number of ether oxygens (including phenoxy) is 1. The normalized spacial score (nSPS) is 20.4. The molecular weight excluding hydrogens is 178 g/mol. The van der Waals surface area contributed by atoms with Gasteiger partial charge < -0.3 is 9.64 Å². The van der Waals surface area contributed by atoms with E-state index in [0.717, 1.165) is 0 Å². The van der Waals surface area contributed by atoms with E-state index in [1.54, 1.807) is 12.0 Å². The zero-order valence-electron chi connectivity index (χ0n) is 7.42. The van der Waals surface area contributed by atoms with Crippen molar-refractivity contribution in [2.45, 2.75) is 24.8 Å². The third kappa shape index (κ3) is 1.90. The van der Waals surface area contributed by atoms with Crippen LogP contribution < -0.4 is 0 Å². The lowest BCUT2D eigenvalue weighted by Crippen LogP contribution is -2.56. The lowest BCUT2D eigenvalue weighted by Gasteiger charge is -2.39. The number of rotatable bonds is 3. The molecule has 3 nitrogen and oxygen atoms in total. The van der Waals surface area contributed by atoms with Crippen molar-refractivity contribution in [3.8, 4) is 0 Å². The molecule has 0 radical (unpaired) electrons. The summed E-state index contributed by atoms with van der Waals surface area (Å²) < 4.78 is 5.04. The third-order valence-corrected chi connectivity index (χ3v) is 2.61. The largest absolute Gasteiger partial charge is 0.378 e. The van der Waals surface area contributed by atoms with Crippen LogP contribution in [0.25, 0.3) is 0 Å². The molecule has 1 fully saturated rings. The van der Waals surface area contributed by atoms with Gasteiger partial charge >= 0.3 is 0 Å². The van der Waals surface area contributed by atoms with Crippen LogP contribution in [0, 0.1) is 0 Å². The van der Waals surface area contributed by atoms with E-state index in [1.807, 2.05) is 6.92 Å². The topological polar surface area (TPSA) is 29.5 Å². The van der Waals surface area contributed by atoms with Gasteiger partial charge in [0.15, 0.2) is 0 Å². The minimum atomic E-state index is -0.359. The molecule has 12 heavy (non-hydrogen) atoms. The summed E-state index contributed by atoms with van der Waals surface area (Å²) in [5.74, 6) is 0.0347. The summed E-state index contributed by atoms with van der Waals surface area (Å²) in [5, 5.41) is -0.359. The summed E-state index contributed by atoms with van der Waals surface area (Å²) in [6.45, 7) is 3.29. The van der Waals surface area contributed by atoms with E-state index < -0.39 is 0 Å². The highest BCUT2D eigenvalue weighted by Crippen LogP contribution is 2.15. The Labute approximate surface area is 77.6 Å². The van der Waals surface area contributed by atoms with Gasteiger partial charge in [0.25, 0.3) is 0 Å². The molecule has 1 atom stereocenters. The van der Waals surface area contributed by atoms with Crippen LogP contribution in [0.5, 0.6) is 0 Å². The number of carbonyl (C=O) groups excluding carboxylic acids is 1. The lowest BCUT2D eigenvalue weighted by molar-refractivity contribution is -0.142. The van der Waals surface area contributed by atoms with E-state index in [1.165, 1.54) is 0 Å². The van der Waals surface area contributed by atoms with Gasteiger partial charge in [-0.15, -0.1) is 11.6 Å². The summed E-state index contributed by atoms with van der Waals surface area (Å²) in [5.41, 5.74) is 0. The molecule has 0 unspecified atom stereocenters. The Kier molecular flexibility index (Phi) is 3.35. The van der Waals surface area contributed by atoms with Crippen molar-refractivity contribution in [2.75, 3.05) is 20.2 Å². The highest BCUT2D eigenvalue weighted by atomic mass is 35.5. The van der Waals surface area contributed by atoms with E-state index >= 15 is 0 Å². The molecule has 1 aliphatic rings. The number of hydrogen-bond donors (Lipinski definition) is 0. The minimum Gasteiger partial charge on any atom is -0.378 e. The van der Waals surface area contributed by atoms with Crippen molar-refractivity contribution in [1.82, 2.24) is 4.90 Å². The molecule has 0 N–H and O–H groups in total. The number of hydrogen-bond acceptors (Lipinski definition) is 2. The second kappa shape index (κ2) is 4.10. The first-order chi connectivity index (χ1) is 5.69. The van der Waals surface area contributed by atoms with Gasteiger partial charge in [-0.3, -0.25) is 4.79 Å². The van der Waals surface area contributed by atoms with Gasteiger partial charge in [-0.1, -0.05) is 6.92 Å². The summed E-state index contributed by atoms with van der Waals surface area (Å²) >= 11 is 5.78. The molecular formula is C8H14ClNO2. The van der Waals surface area contributed by atoms with Gasteiger partial charge in [-0.25, -0.2) is 0 Å². The predicted octanol–water partition coefficient (Wildman–Crippen LogP) is 0.861. The number of amides is 1. The van der Waals surface area contributed by atoms with Crippen molar-refractivity contribution in [2.24, 2.45) is 0 Å². The molecule has 70 valence electrons. The van der Waals surface area contributed by atoms with Gasteiger partial charge in [-0.2, -0.15) is 0 Å². The lowest BCUT2D eigenvalue weighted by atomic mass is 10.1. The maximum atomic E-state index is 11.4. The fourth-order valence-corrected chi connectivity index (χ4v) is 1.28. The Hall–Kier alpha value is -0.280. The van der Waals surface area contributed by atoms with Gasteiger partial charge in [0.1, 0.15) is 5.38 Å². The van der Waals surface area contributed by atoms with Crippen LogP contribution in [0.2, 0.25) is 0 Å². The first-order valence-electron chi connectivity index (χ1n) is 4.14. The monoisotopic (exact) mass is 191 g/mol. The maximum Gasteiger partial charge on any atom is 0.240 e. The minimum absolute atomic E-state index is 0.0347. The van der Waals surface area contributed by atoms with Crippen molar-refractivity contribution < 1.29 is 9.53 Å². The quantitative estimate of drug-likeness (QED) is 0.620. The number of halogens is 1. The van der Waals surface area contributed by atoms with E-state index in [9.17, 15) is 4.79 Å². The molecule has 1 rings (SSSR count). The van der Waals surface area contributed by atoms with Crippen LogP contribution in [-0.2, 0) is 9.53 Å². The third-order valence-electron chi connectivity index (χ3n) is 2.12. The smallest absolute Gasteiger partial charge is 0.240 e. The van der Waals surface area contributed by atoms with Crippen LogP contribution in [0.3, 0.4) is 0 Å². The highest BCUT2D eigenvalue weighted by Gasteiger charge is 2.32. The fraction of sp³-hybridized carbons (Fsp3) is 0.875. The molecule has 1 aliphatic heterocycles. The maximum absolute atomic E-state index is 11.4. The second-order valence-corrected chi connectivity index (χ2v) is 3.50. The van der Waals surface area contributed by atoms with Crippen LogP contribution in [0.4, 0.5) is 0 Å². The van der Waals surface area contributed by atoms with Crippen LogP contribution >= 0.6 is 11.6 Å². The number of nitrogens with zero attached hydrogens (tertiary/aromatic N) is 1. The SMILES string of the molecule is CC[C@H](Cl)C(=O)N1CC(OC)C1. The first-order valence-corrected chi connectivity index (χ1v) is 4.58. The molecule has 0 saturated carbocycles. The summed E-state index contributed by atoms with van der Waals surface area (Å²) in [7, 11) is 1.66. The van der Waals surface area contributed by atoms with Gasteiger partial charge in [-0.05, 0) is 6.42 Å². The molecule has 0 spiro atoms. The van der Waals surface area contributed by atoms with Gasteiger partial charge in [0.05, 0.1) is 6.10 Å². The molecule has 0 aliphatic carbocycles. The van der Waals surface area contributed by atoms with E-state index in [0.29, 0.717) is 19.5 Å². The summed E-state index contributed by atoms with van der Waals surface area (Å²) in [6.07, 6.45) is 0.906. The average molecular weight is 192 g/mol. The standard InChI is InChI=1S/C8H14ClNO2/c1-3-7(9)8(11)10-4-6(5-10)12-2/h6-7H,3-5H2,1-2H3/t7-/m0/s1. The average Bonchev–Trinajstić information content (AvgIpc) is 2.01. The molecule has 0 aromatic carbocycles. The summed E-state index contributed by atoms with van der Waals surface area (Å²) in [6, 6.07) is 0. The fourth-order valence-electron chi connectivity index (χ4n) is 1.14. The van der Waals surface area contributed by atoms with Crippen LogP contribution in [0.1, 0.15) is 13.3 Å². The number of methoxy groups -OCH3 is 1. The second-order valence-electron chi connectivity index (χ2n) is 2.98. The molecule has 1 saturated heterocycles. The Morgan fingerprint density at radius 2 is 2.33 bits per heavy atom. The number of carbonyl (C=O) groups is 1. The van der Waals surface area contributed by atoms with Crippen LogP contribution in [0.15, 0.2) is 0 Å². The molecule has 1 heterocycles. The first kappa shape index (κ1) is 9.81. The van der Waals surface area contributed by atoms with E-state index in [4.69, 9.17) is 16.3 Å². The molecule has 0 bridgehead atoms. The molecule has 0 aromatic heterocycles. The predicted molar refractivity (Wildman–Crippen MR) is 47.3 cm³/mol. The van der Waals surface area contributed by atoms with Crippen LogP contribution in [-0.4, -0.2) is 42.5 Å². The van der Waals surface area contributed by atoms with Crippen molar-refractivity contribution >= 4 is 17.5 Å². The Balaban J connectivity index is 2.28. The van der Waals surface area contributed by atoms with Gasteiger partial charge in [0.2, 0.25) is 5.91 Å². The number of likely N-dealkylation sites (tertiary alicyclic amines) is 1. The Bertz CT molecular complexity index is 168. The van der Waals surface area contributed by atoms with E-state index in [-0.39, 0.29) is 17.4 Å².